The number of hydrogen-bond donors (Lipinski definition) is 3. The lowest BCUT2D eigenvalue weighted by Crippen LogP contribution is -2.32. The number of nitrogens with two attached hydrogens (primary N) is 1. The predicted molar refractivity (Wildman–Crippen MR) is 131 cm³/mol. The first-order chi connectivity index (χ1) is 17.4. The van der Waals surface area contributed by atoms with E-state index in [4.69, 9.17) is 19.9 Å². The summed E-state index contributed by atoms with van der Waals surface area (Å²) in [7, 11) is 1.22. The Morgan fingerprint density at radius 3 is 2.68 bits per heavy atom. The molecule has 0 spiro atoms. The normalized spacial score (nSPS) is 11.8. The molecule has 2 heterocycles. The Morgan fingerprint density at radius 1 is 1.30 bits per heavy atom. The van der Waals surface area contributed by atoms with Gasteiger partial charge in [0.1, 0.15) is 23.6 Å². The maximum atomic E-state index is 14.0. The van der Waals surface area contributed by atoms with E-state index >= 15 is 0 Å². The minimum Gasteiger partial charge on any atom is -0.482 e. The molecule has 4 N–H and O–H groups in total. The number of aromatic nitrogens is 3. The van der Waals surface area contributed by atoms with Crippen LogP contribution in [0, 0.1) is 17.1 Å². The number of rotatable bonds is 7. The van der Waals surface area contributed by atoms with E-state index < -0.39 is 29.6 Å². The minimum atomic E-state index is -0.822. The average Bonchev–Trinajstić information content (AvgIpc) is 3.25. The third-order valence-corrected chi connectivity index (χ3v) is 5.09. The monoisotopic (exact) mass is 510 g/mol. The number of carbonyl (C=O) groups is 2. The van der Waals surface area contributed by atoms with Crippen molar-refractivity contribution < 1.29 is 28.2 Å². The Bertz CT molecular complexity index is 1360. The fourth-order valence-electron chi connectivity index (χ4n) is 3.48. The van der Waals surface area contributed by atoms with Crippen molar-refractivity contribution in [2.45, 2.75) is 45.9 Å². The smallest absolute Gasteiger partial charge is 0.407 e. The Balaban J connectivity index is 1.92. The largest absolute Gasteiger partial charge is 0.482 e. The van der Waals surface area contributed by atoms with E-state index in [1.165, 1.54) is 25.4 Å². The van der Waals surface area contributed by atoms with Gasteiger partial charge in [0.15, 0.2) is 17.3 Å². The third kappa shape index (κ3) is 6.52. The van der Waals surface area contributed by atoms with E-state index in [1.807, 2.05) is 6.07 Å². The molecule has 3 aromatic rings. The standard InChI is InChI=1S/C25H27FN6O5/c1-13(17-9-15(26)6-7-16(17)23(33)35-5)36-20-8-14(11-29-22(20)28)21-18(10-27)31-32-19(21)12-30-24(34)37-25(2,3)4/h6-9,11,13H,12H2,1-5H3,(H2,28,29)(H,30,34)(H,31,32). The molecule has 12 heteroatoms. The number of hydrogen-bond acceptors (Lipinski definition) is 9. The van der Waals surface area contributed by atoms with Gasteiger partial charge in [-0.3, -0.25) is 5.10 Å². The van der Waals surface area contributed by atoms with Gasteiger partial charge in [-0.1, -0.05) is 0 Å². The van der Waals surface area contributed by atoms with Gasteiger partial charge in [-0.25, -0.2) is 19.0 Å². The summed E-state index contributed by atoms with van der Waals surface area (Å²) >= 11 is 0. The average molecular weight is 511 g/mol. The summed E-state index contributed by atoms with van der Waals surface area (Å²) in [6.45, 7) is 6.82. The molecule has 1 unspecified atom stereocenters. The highest BCUT2D eigenvalue weighted by atomic mass is 19.1. The lowest BCUT2D eigenvalue weighted by molar-refractivity contribution is 0.0521. The van der Waals surface area contributed by atoms with E-state index in [9.17, 15) is 19.2 Å². The first-order valence-electron chi connectivity index (χ1n) is 11.2. The van der Waals surface area contributed by atoms with Gasteiger partial charge < -0.3 is 25.3 Å². The molecule has 0 aliphatic rings. The van der Waals surface area contributed by atoms with Crippen molar-refractivity contribution in [2.24, 2.45) is 0 Å². The topological polar surface area (TPSA) is 165 Å². The Morgan fingerprint density at radius 2 is 2.03 bits per heavy atom. The second-order valence-electron chi connectivity index (χ2n) is 8.98. The summed E-state index contributed by atoms with van der Waals surface area (Å²) in [4.78, 5) is 28.4. The molecule has 0 saturated heterocycles. The zero-order chi connectivity index (χ0) is 27.3. The Hall–Kier alpha value is -4.66. The maximum Gasteiger partial charge on any atom is 0.407 e. The lowest BCUT2D eigenvalue weighted by atomic mass is 10.0. The first-order valence-corrected chi connectivity index (χ1v) is 11.2. The summed E-state index contributed by atoms with van der Waals surface area (Å²) in [5, 5.41) is 18.9. The van der Waals surface area contributed by atoms with Crippen LogP contribution < -0.4 is 15.8 Å². The van der Waals surface area contributed by atoms with Crippen molar-refractivity contribution in [3.8, 4) is 22.9 Å². The van der Waals surface area contributed by atoms with E-state index in [1.54, 1.807) is 33.8 Å². The second-order valence-corrected chi connectivity index (χ2v) is 8.98. The lowest BCUT2D eigenvalue weighted by Gasteiger charge is -2.20. The number of nitrogens with zero attached hydrogens (tertiary/aromatic N) is 3. The van der Waals surface area contributed by atoms with Crippen LogP contribution in [-0.2, 0) is 16.0 Å². The number of alkyl carbamates (subject to hydrolysis) is 1. The molecule has 194 valence electrons. The predicted octanol–water partition coefficient (Wildman–Crippen LogP) is 4.02. The highest BCUT2D eigenvalue weighted by Gasteiger charge is 2.23. The number of halogens is 1. The molecule has 1 atom stereocenters. The van der Waals surface area contributed by atoms with Crippen LogP contribution in [0.15, 0.2) is 30.5 Å². The molecule has 0 aliphatic carbocycles. The SMILES string of the molecule is COC(=O)c1ccc(F)cc1C(C)Oc1cc(-c2c(C#N)n[nH]c2CNC(=O)OC(C)(C)C)cnc1N. The number of nitrogen functional groups attached to an aromatic ring is 1. The number of H-pyrrole nitrogens is 1. The Labute approximate surface area is 212 Å². The molecule has 0 bridgehead atoms. The number of aromatic amines is 1. The van der Waals surface area contributed by atoms with Gasteiger partial charge in [0.25, 0.3) is 0 Å². The molecular weight excluding hydrogens is 483 g/mol. The number of pyridine rings is 1. The van der Waals surface area contributed by atoms with E-state index in [0.29, 0.717) is 16.8 Å². The first kappa shape index (κ1) is 26.9. The van der Waals surface area contributed by atoms with Crippen LogP contribution in [0.25, 0.3) is 11.1 Å². The molecular formula is C25H27FN6O5. The van der Waals surface area contributed by atoms with Crippen molar-refractivity contribution >= 4 is 17.9 Å². The van der Waals surface area contributed by atoms with E-state index in [-0.39, 0.29) is 34.9 Å². The molecule has 0 radical (unpaired) electrons. The van der Waals surface area contributed by atoms with Crippen molar-refractivity contribution in [1.82, 2.24) is 20.5 Å². The van der Waals surface area contributed by atoms with Crippen LogP contribution >= 0.6 is 0 Å². The van der Waals surface area contributed by atoms with Crippen molar-refractivity contribution in [3.05, 3.63) is 58.8 Å². The number of ether oxygens (including phenoxy) is 3. The highest BCUT2D eigenvalue weighted by molar-refractivity contribution is 5.91. The summed E-state index contributed by atoms with van der Waals surface area (Å²) in [6.07, 6.45) is -0.0361. The summed E-state index contributed by atoms with van der Waals surface area (Å²) in [5.41, 5.74) is 7.02. The fraction of sp³-hybridized carbons (Fsp3) is 0.320. The molecule has 0 fully saturated rings. The molecule has 3 rings (SSSR count). The van der Waals surface area contributed by atoms with Gasteiger partial charge in [0.05, 0.1) is 24.9 Å². The summed E-state index contributed by atoms with van der Waals surface area (Å²) in [5.74, 6) is -1.05. The second kappa shape index (κ2) is 10.9. The summed E-state index contributed by atoms with van der Waals surface area (Å²) in [6, 6.07) is 7.17. The van der Waals surface area contributed by atoms with Gasteiger partial charge >= 0.3 is 12.1 Å². The molecule has 1 amide bonds. The fourth-order valence-corrected chi connectivity index (χ4v) is 3.48. The molecule has 0 saturated carbocycles. The van der Waals surface area contributed by atoms with Gasteiger partial charge in [-0.2, -0.15) is 10.4 Å². The number of anilines is 1. The van der Waals surface area contributed by atoms with Crippen LogP contribution in [0.3, 0.4) is 0 Å². The van der Waals surface area contributed by atoms with Crippen LogP contribution in [0.5, 0.6) is 5.75 Å². The van der Waals surface area contributed by atoms with Gasteiger partial charge in [0.2, 0.25) is 0 Å². The number of benzene rings is 1. The maximum absolute atomic E-state index is 14.0. The van der Waals surface area contributed by atoms with Crippen molar-refractivity contribution in [1.29, 1.82) is 5.26 Å². The van der Waals surface area contributed by atoms with E-state index in [2.05, 4.69) is 20.5 Å². The summed E-state index contributed by atoms with van der Waals surface area (Å²) < 4.78 is 30.0. The molecule has 2 aromatic heterocycles. The Kier molecular flexibility index (Phi) is 7.97. The number of nitrogens with one attached hydrogen (secondary N) is 2. The van der Waals surface area contributed by atoms with Crippen molar-refractivity contribution in [2.75, 3.05) is 12.8 Å². The molecule has 11 nitrogen and oxygen atoms in total. The molecule has 0 aliphatic heterocycles. The number of esters is 1. The van der Waals surface area contributed by atoms with Crippen LogP contribution in [0.4, 0.5) is 15.0 Å². The van der Waals surface area contributed by atoms with Gasteiger partial charge in [0, 0.05) is 22.9 Å². The van der Waals surface area contributed by atoms with Gasteiger partial charge in [-0.05, 0) is 52.0 Å². The quantitative estimate of drug-likeness (QED) is 0.398. The highest BCUT2D eigenvalue weighted by Crippen LogP contribution is 2.34. The van der Waals surface area contributed by atoms with Crippen LogP contribution in [0.1, 0.15) is 61.1 Å². The van der Waals surface area contributed by atoms with Crippen LogP contribution in [-0.4, -0.2) is 40.0 Å². The van der Waals surface area contributed by atoms with Crippen molar-refractivity contribution in [3.63, 3.8) is 0 Å². The number of nitriles is 1. The van der Waals surface area contributed by atoms with E-state index in [0.717, 1.165) is 6.07 Å². The third-order valence-electron chi connectivity index (χ3n) is 5.09. The number of methoxy groups -OCH3 is 1. The number of amides is 1. The zero-order valence-corrected chi connectivity index (χ0v) is 21.0. The minimum absolute atomic E-state index is 0.0122. The van der Waals surface area contributed by atoms with Gasteiger partial charge in [-0.15, -0.1) is 0 Å². The molecule has 1 aromatic carbocycles. The molecule has 37 heavy (non-hydrogen) atoms. The number of carbonyl (C=O) groups excluding carboxylic acids is 2. The van der Waals surface area contributed by atoms with Crippen LogP contribution in [0.2, 0.25) is 0 Å². The zero-order valence-electron chi connectivity index (χ0n) is 21.0.